The van der Waals surface area contributed by atoms with Gasteiger partial charge in [0.25, 0.3) is 0 Å². The number of hydrogen-bond acceptors (Lipinski definition) is 6. The van der Waals surface area contributed by atoms with Gasteiger partial charge in [-0.3, -0.25) is 0 Å². The Hall–Kier alpha value is -1.47. The molecule has 2 aromatic heterocycles. The number of aryl methyl sites for hydroxylation is 1. The van der Waals surface area contributed by atoms with Crippen molar-refractivity contribution in [2.45, 2.75) is 23.3 Å². The molecule has 2 heterocycles. The first kappa shape index (κ1) is 13.0. The van der Waals surface area contributed by atoms with Crippen molar-refractivity contribution in [1.82, 2.24) is 4.98 Å². The van der Waals surface area contributed by atoms with E-state index in [1.807, 2.05) is 13.8 Å². The quantitative estimate of drug-likeness (QED) is 0.838. The molecule has 96 valence electrons. The zero-order chi connectivity index (χ0) is 13.3. The molecule has 0 saturated heterocycles. The first-order chi connectivity index (χ1) is 8.47. The number of aromatic carboxylic acids is 1. The summed E-state index contributed by atoms with van der Waals surface area (Å²) in [6.07, 6.45) is 0. The largest absolute Gasteiger partial charge is 0.475 e. The number of rotatable bonds is 4. The van der Waals surface area contributed by atoms with Crippen LogP contribution < -0.4 is 5.73 Å². The van der Waals surface area contributed by atoms with Gasteiger partial charge in [-0.1, -0.05) is 11.3 Å². The van der Waals surface area contributed by atoms with E-state index in [1.165, 1.54) is 17.4 Å². The molecular weight excluding hydrogens is 272 g/mol. The van der Waals surface area contributed by atoms with Crippen molar-refractivity contribution in [3.05, 3.63) is 29.3 Å². The summed E-state index contributed by atoms with van der Waals surface area (Å²) in [5.74, 6) is -0.474. The number of furan rings is 1. The molecule has 0 spiro atoms. The van der Waals surface area contributed by atoms with Crippen LogP contribution in [0.2, 0.25) is 0 Å². The molecule has 18 heavy (non-hydrogen) atoms. The van der Waals surface area contributed by atoms with Gasteiger partial charge in [-0.2, -0.15) is 0 Å². The second-order valence-corrected chi connectivity index (χ2v) is 6.33. The normalized spacial score (nSPS) is 12.6. The van der Waals surface area contributed by atoms with Gasteiger partial charge in [-0.15, -0.1) is 11.8 Å². The van der Waals surface area contributed by atoms with Crippen molar-refractivity contribution in [2.75, 3.05) is 5.73 Å². The third-order valence-corrected chi connectivity index (χ3v) is 4.71. The van der Waals surface area contributed by atoms with Crippen LogP contribution >= 0.6 is 23.1 Å². The predicted octanol–water partition coefficient (Wildman–Crippen LogP) is 3.18. The molecule has 0 aliphatic carbocycles. The highest BCUT2D eigenvalue weighted by molar-refractivity contribution is 8.01. The summed E-state index contributed by atoms with van der Waals surface area (Å²) < 4.78 is 6.28. The second kappa shape index (κ2) is 5.03. The lowest BCUT2D eigenvalue weighted by Crippen LogP contribution is -1.92. The fourth-order valence-corrected chi connectivity index (χ4v) is 3.64. The van der Waals surface area contributed by atoms with Gasteiger partial charge < -0.3 is 15.3 Å². The fourth-order valence-electron chi connectivity index (χ4n) is 1.42. The number of carboxylic acid groups (broad SMARTS) is 1. The average Bonchev–Trinajstić information content (AvgIpc) is 2.86. The molecule has 1 atom stereocenters. The molecular formula is C11H12N2O3S2. The lowest BCUT2D eigenvalue weighted by Gasteiger charge is -2.06. The summed E-state index contributed by atoms with van der Waals surface area (Å²) in [6, 6.07) is 3.14. The van der Waals surface area contributed by atoms with Crippen LogP contribution in [0.25, 0.3) is 0 Å². The predicted molar refractivity (Wildman–Crippen MR) is 71.2 cm³/mol. The summed E-state index contributed by atoms with van der Waals surface area (Å²) in [5, 5.41) is 9.34. The number of nitrogens with two attached hydrogens (primary N) is 1. The number of nitrogens with zero attached hydrogens (tertiary/aromatic N) is 1. The van der Waals surface area contributed by atoms with Crippen molar-refractivity contribution < 1.29 is 14.3 Å². The van der Waals surface area contributed by atoms with Gasteiger partial charge in [0.2, 0.25) is 5.76 Å². The van der Waals surface area contributed by atoms with Crippen LogP contribution in [-0.4, -0.2) is 16.1 Å². The van der Waals surface area contributed by atoms with E-state index in [2.05, 4.69) is 4.98 Å². The van der Waals surface area contributed by atoms with Gasteiger partial charge in [0.05, 0.1) is 15.2 Å². The molecule has 0 aliphatic heterocycles. The van der Waals surface area contributed by atoms with Crippen LogP contribution in [0.4, 0.5) is 5.13 Å². The Morgan fingerprint density at radius 2 is 2.33 bits per heavy atom. The topological polar surface area (TPSA) is 89.3 Å². The molecule has 1 unspecified atom stereocenters. The van der Waals surface area contributed by atoms with E-state index in [0.717, 1.165) is 9.90 Å². The Morgan fingerprint density at radius 3 is 2.83 bits per heavy atom. The Kier molecular flexibility index (Phi) is 3.63. The summed E-state index contributed by atoms with van der Waals surface area (Å²) in [5.41, 5.74) is 6.52. The smallest absolute Gasteiger partial charge is 0.371 e. The number of anilines is 1. The van der Waals surface area contributed by atoms with Crippen molar-refractivity contribution in [2.24, 2.45) is 0 Å². The highest BCUT2D eigenvalue weighted by Gasteiger charge is 2.17. The standard InChI is InChI=1S/C11H12N2O3S2/c1-5-10(18-11(12)13-5)17-6(2)7-3-4-8(16-7)9(14)15/h3-4,6H,1-2H3,(H2,12,13)(H,14,15). The van der Waals surface area contributed by atoms with Crippen molar-refractivity contribution in [3.63, 3.8) is 0 Å². The Morgan fingerprint density at radius 1 is 1.61 bits per heavy atom. The van der Waals surface area contributed by atoms with Crippen molar-refractivity contribution in [1.29, 1.82) is 0 Å². The first-order valence-corrected chi connectivity index (χ1v) is 6.89. The number of thiazole rings is 1. The number of aromatic nitrogens is 1. The van der Waals surface area contributed by atoms with E-state index in [4.69, 9.17) is 15.3 Å². The Labute approximate surface area is 112 Å². The number of thioether (sulfide) groups is 1. The van der Waals surface area contributed by atoms with Gasteiger partial charge in [0.15, 0.2) is 5.13 Å². The maximum absolute atomic E-state index is 10.7. The molecule has 0 fully saturated rings. The van der Waals surface area contributed by atoms with E-state index < -0.39 is 5.97 Å². The monoisotopic (exact) mass is 284 g/mol. The third-order valence-electron chi connectivity index (χ3n) is 2.29. The maximum Gasteiger partial charge on any atom is 0.371 e. The van der Waals surface area contributed by atoms with Crippen LogP contribution in [0.3, 0.4) is 0 Å². The van der Waals surface area contributed by atoms with E-state index >= 15 is 0 Å². The Bertz CT molecular complexity index is 577. The molecule has 7 heteroatoms. The van der Waals surface area contributed by atoms with Crippen molar-refractivity contribution in [3.8, 4) is 0 Å². The van der Waals surface area contributed by atoms with Gasteiger partial charge in [-0.05, 0) is 26.0 Å². The first-order valence-electron chi connectivity index (χ1n) is 5.20. The zero-order valence-electron chi connectivity index (χ0n) is 9.84. The molecule has 0 saturated carbocycles. The van der Waals surface area contributed by atoms with Crippen molar-refractivity contribution >= 4 is 34.2 Å². The van der Waals surface area contributed by atoms with E-state index in [-0.39, 0.29) is 11.0 Å². The number of carboxylic acids is 1. The molecule has 2 rings (SSSR count). The third kappa shape index (κ3) is 2.68. The van der Waals surface area contributed by atoms with Gasteiger partial charge >= 0.3 is 5.97 Å². The van der Waals surface area contributed by atoms with Crippen LogP contribution in [-0.2, 0) is 0 Å². The van der Waals surface area contributed by atoms with Crippen LogP contribution in [0, 0.1) is 6.92 Å². The lowest BCUT2D eigenvalue weighted by molar-refractivity contribution is 0.0660. The molecule has 0 aliphatic rings. The minimum atomic E-state index is -1.06. The van der Waals surface area contributed by atoms with Crippen LogP contribution in [0.15, 0.2) is 20.8 Å². The molecule has 0 bridgehead atoms. The summed E-state index contributed by atoms with van der Waals surface area (Å²) in [6.45, 7) is 3.84. The van der Waals surface area contributed by atoms with E-state index in [0.29, 0.717) is 10.9 Å². The van der Waals surface area contributed by atoms with E-state index in [1.54, 1.807) is 17.8 Å². The van der Waals surface area contributed by atoms with Gasteiger partial charge in [0.1, 0.15) is 5.76 Å². The average molecular weight is 284 g/mol. The lowest BCUT2D eigenvalue weighted by atomic mass is 10.3. The minimum absolute atomic E-state index is 0.0108. The van der Waals surface area contributed by atoms with Crippen LogP contribution in [0.1, 0.15) is 34.2 Å². The zero-order valence-corrected chi connectivity index (χ0v) is 11.5. The summed E-state index contributed by atoms with van der Waals surface area (Å²) in [4.78, 5) is 14.9. The number of nitrogen functional groups attached to an aromatic ring is 1. The molecule has 2 aromatic rings. The summed E-state index contributed by atoms with van der Waals surface area (Å²) in [7, 11) is 0. The van der Waals surface area contributed by atoms with Crippen LogP contribution in [0.5, 0.6) is 0 Å². The molecule has 3 N–H and O–H groups in total. The van der Waals surface area contributed by atoms with E-state index in [9.17, 15) is 4.79 Å². The number of hydrogen-bond donors (Lipinski definition) is 2. The minimum Gasteiger partial charge on any atom is -0.475 e. The van der Waals surface area contributed by atoms with Gasteiger partial charge in [0, 0.05) is 0 Å². The molecule has 5 nitrogen and oxygen atoms in total. The second-order valence-electron chi connectivity index (χ2n) is 3.69. The Balaban J connectivity index is 2.13. The highest BCUT2D eigenvalue weighted by Crippen LogP contribution is 2.40. The fraction of sp³-hybridized carbons (Fsp3) is 0.273. The van der Waals surface area contributed by atoms with Gasteiger partial charge in [-0.25, -0.2) is 9.78 Å². The number of carbonyl (C=O) groups is 1. The molecule has 0 amide bonds. The molecule has 0 aromatic carbocycles. The SMILES string of the molecule is Cc1nc(N)sc1SC(C)c1ccc(C(=O)O)o1. The highest BCUT2D eigenvalue weighted by atomic mass is 32.2. The maximum atomic E-state index is 10.7. The molecule has 0 radical (unpaired) electrons. The summed E-state index contributed by atoms with van der Waals surface area (Å²) >= 11 is 2.98.